The van der Waals surface area contributed by atoms with Crippen molar-refractivity contribution in [2.75, 3.05) is 12.9 Å². The molecule has 6 nitrogen and oxygen atoms in total. The van der Waals surface area contributed by atoms with E-state index in [1.807, 2.05) is 50.3 Å². The fraction of sp³-hybridized carbons (Fsp3) is 0.250. The zero-order valence-electron chi connectivity index (χ0n) is 15.6. The molecule has 0 aliphatic rings. The minimum absolute atomic E-state index is 0.0282. The highest BCUT2D eigenvalue weighted by atomic mass is 32.2. The fourth-order valence-corrected chi connectivity index (χ4v) is 3.54. The average molecular weight is 383 g/mol. The molecule has 0 amide bonds. The first-order chi connectivity index (χ1) is 13.0. The highest BCUT2D eigenvalue weighted by Gasteiger charge is 2.18. The van der Waals surface area contributed by atoms with Crippen molar-refractivity contribution in [1.29, 1.82) is 0 Å². The van der Waals surface area contributed by atoms with Crippen LogP contribution in [0.25, 0.3) is 11.5 Å². The summed E-state index contributed by atoms with van der Waals surface area (Å²) in [6, 6.07) is 9.33. The van der Waals surface area contributed by atoms with Crippen molar-refractivity contribution in [3.05, 3.63) is 59.9 Å². The van der Waals surface area contributed by atoms with Gasteiger partial charge in [0.25, 0.3) is 11.1 Å². The van der Waals surface area contributed by atoms with Crippen LogP contribution in [0.2, 0.25) is 0 Å². The second-order valence-corrected chi connectivity index (χ2v) is 6.90. The smallest absolute Gasteiger partial charge is 0.277 e. The monoisotopic (exact) mass is 383 g/mol. The Hall–Kier alpha value is -2.80. The van der Waals surface area contributed by atoms with Gasteiger partial charge in [-0.05, 0) is 32.0 Å². The number of aryl methyl sites for hydroxylation is 1. The number of aromatic nitrogens is 3. The summed E-state index contributed by atoms with van der Waals surface area (Å²) in [5, 5.41) is 8.44. The van der Waals surface area contributed by atoms with Crippen molar-refractivity contribution in [1.82, 2.24) is 14.8 Å². The molecule has 140 valence electrons. The number of rotatable bonds is 8. The molecule has 27 heavy (non-hydrogen) atoms. The number of carbonyl (C=O) groups excluding carboxylic acids is 1. The van der Waals surface area contributed by atoms with E-state index in [0.717, 1.165) is 17.0 Å². The molecule has 0 aliphatic heterocycles. The summed E-state index contributed by atoms with van der Waals surface area (Å²) in [7, 11) is 1.59. The van der Waals surface area contributed by atoms with E-state index in [0.29, 0.717) is 29.0 Å². The zero-order chi connectivity index (χ0) is 19.4. The molecule has 3 rings (SSSR count). The Labute approximate surface area is 162 Å². The van der Waals surface area contributed by atoms with Gasteiger partial charge in [-0.2, -0.15) is 0 Å². The summed E-state index contributed by atoms with van der Waals surface area (Å²) in [6.45, 7) is 8.38. The van der Waals surface area contributed by atoms with Gasteiger partial charge in [0.1, 0.15) is 5.75 Å². The van der Waals surface area contributed by atoms with Crippen molar-refractivity contribution in [2.45, 2.75) is 25.6 Å². The number of hydrogen-bond acceptors (Lipinski definition) is 6. The molecule has 0 unspecified atom stereocenters. The number of nitrogens with zero attached hydrogens (tertiary/aromatic N) is 3. The molecule has 0 atom stereocenters. The summed E-state index contributed by atoms with van der Waals surface area (Å²) in [5.74, 6) is 1.28. The van der Waals surface area contributed by atoms with E-state index in [-0.39, 0.29) is 11.5 Å². The van der Waals surface area contributed by atoms with Gasteiger partial charge in [0.05, 0.1) is 18.4 Å². The molecule has 0 saturated heterocycles. The normalized spacial score (nSPS) is 10.8. The van der Waals surface area contributed by atoms with E-state index < -0.39 is 0 Å². The molecule has 0 N–H and O–H groups in total. The summed E-state index contributed by atoms with van der Waals surface area (Å²) in [5.41, 5.74) is 3.42. The van der Waals surface area contributed by atoms with Crippen LogP contribution < -0.4 is 4.74 Å². The molecule has 2 aromatic heterocycles. The number of allylic oxidation sites excluding steroid dienone is 1. The molecule has 3 aromatic rings. The summed E-state index contributed by atoms with van der Waals surface area (Å²) >= 11 is 1.23. The molecule has 7 heteroatoms. The highest BCUT2D eigenvalue weighted by Crippen LogP contribution is 2.30. The van der Waals surface area contributed by atoms with Crippen LogP contribution in [-0.2, 0) is 6.54 Å². The van der Waals surface area contributed by atoms with Gasteiger partial charge in [-0.3, -0.25) is 4.79 Å². The molecule has 2 heterocycles. The van der Waals surface area contributed by atoms with Crippen LogP contribution in [0.5, 0.6) is 5.75 Å². The molecule has 1 aromatic carbocycles. The lowest BCUT2D eigenvalue weighted by molar-refractivity contribution is 0.102. The predicted molar refractivity (Wildman–Crippen MR) is 105 cm³/mol. The average Bonchev–Trinajstić information content (AvgIpc) is 3.26. The first-order valence-electron chi connectivity index (χ1n) is 8.45. The van der Waals surface area contributed by atoms with E-state index in [1.54, 1.807) is 7.11 Å². The Kier molecular flexibility index (Phi) is 5.81. The lowest BCUT2D eigenvalue weighted by atomic mass is 10.2. The quantitative estimate of drug-likeness (QED) is 0.328. The minimum Gasteiger partial charge on any atom is -0.496 e. The van der Waals surface area contributed by atoms with E-state index in [9.17, 15) is 4.79 Å². The second kappa shape index (κ2) is 8.26. The van der Waals surface area contributed by atoms with Crippen molar-refractivity contribution in [3.63, 3.8) is 0 Å². The third-order valence-electron chi connectivity index (χ3n) is 4.26. The largest absolute Gasteiger partial charge is 0.496 e. The molecule has 0 aliphatic carbocycles. The Morgan fingerprint density at radius 2 is 2.11 bits per heavy atom. The Morgan fingerprint density at radius 1 is 1.33 bits per heavy atom. The van der Waals surface area contributed by atoms with E-state index in [4.69, 9.17) is 9.15 Å². The Bertz CT molecular complexity index is 975. The van der Waals surface area contributed by atoms with Gasteiger partial charge in [-0.1, -0.05) is 30.0 Å². The summed E-state index contributed by atoms with van der Waals surface area (Å²) in [6.07, 6.45) is 1.82. The lowest BCUT2D eigenvalue weighted by Crippen LogP contribution is -2.06. The predicted octanol–water partition coefficient (Wildman–Crippen LogP) is 4.32. The maximum absolute atomic E-state index is 12.6. The van der Waals surface area contributed by atoms with Gasteiger partial charge < -0.3 is 13.7 Å². The van der Waals surface area contributed by atoms with Gasteiger partial charge in [0, 0.05) is 23.5 Å². The SMILES string of the molecule is C=CCn1c(C)cc(C(=O)CSc2nnc(-c3ccccc3OC)o2)c1C. The van der Waals surface area contributed by atoms with Crippen LogP contribution in [-0.4, -0.2) is 33.4 Å². The third-order valence-corrected chi connectivity index (χ3v) is 5.07. The number of benzene rings is 1. The maximum Gasteiger partial charge on any atom is 0.277 e. The first-order valence-corrected chi connectivity index (χ1v) is 9.44. The number of carbonyl (C=O) groups is 1. The Morgan fingerprint density at radius 3 is 2.85 bits per heavy atom. The molecule has 0 saturated carbocycles. The van der Waals surface area contributed by atoms with Crippen molar-refractivity contribution in [3.8, 4) is 17.2 Å². The number of Topliss-reactive ketones (excluding diaryl/α,β-unsaturated/α-hetero) is 1. The topological polar surface area (TPSA) is 70.2 Å². The molecular formula is C20H21N3O3S. The number of ether oxygens (including phenoxy) is 1. The number of ketones is 1. The molecule has 0 radical (unpaired) electrons. The minimum atomic E-state index is 0.0282. The van der Waals surface area contributed by atoms with Crippen molar-refractivity contribution < 1.29 is 13.9 Å². The van der Waals surface area contributed by atoms with Crippen LogP contribution in [0.3, 0.4) is 0 Å². The van der Waals surface area contributed by atoms with E-state index in [2.05, 4.69) is 21.3 Å². The van der Waals surface area contributed by atoms with E-state index >= 15 is 0 Å². The molecule has 0 fully saturated rings. The standard InChI is InChI=1S/C20H21N3O3S/c1-5-10-23-13(2)11-16(14(23)3)17(24)12-27-20-22-21-19(26-20)15-8-6-7-9-18(15)25-4/h5-9,11H,1,10,12H2,2-4H3. The molecular weight excluding hydrogens is 362 g/mol. The van der Waals surface area contributed by atoms with Crippen LogP contribution in [0.15, 0.2) is 52.6 Å². The third kappa shape index (κ3) is 3.98. The first kappa shape index (κ1) is 19.0. The number of hydrogen-bond donors (Lipinski definition) is 0. The van der Waals surface area contributed by atoms with Crippen molar-refractivity contribution in [2.24, 2.45) is 0 Å². The molecule has 0 spiro atoms. The van der Waals surface area contributed by atoms with Gasteiger partial charge in [0.2, 0.25) is 0 Å². The van der Waals surface area contributed by atoms with Crippen molar-refractivity contribution >= 4 is 17.5 Å². The van der Waals surface area contributed by atoms with Gasteiger partial charge in [0.15, 0.2) is 5.78 Å². The van der Waals surface area contributed by atoms with Crippen LogP contribution in [0.1, 0.15) is 21.7 Å². The second-order valence-electron chi connectivity index (χ2n) is 5.97. The van der Waals surface area contributed by atoms with Crippen LogP contribution in [0, 0.1) is 13.8 Å². The van der Waals surface area contributed by atoms with Gasteiger partial charge >= 0.3 is 0 Å². The lowest BCUT2D eigenvalue weighted by Gasteiger charge is -2.05. The van der Waals surface area contributed by atoms with Crippen LogP contribution in [0.4, 0.5) is 0 Å². The summed E-state index contributed by atoms with van der Waals surface area (Å²) < 4.78 is 13.1. The number of para-hydroxylation sites is 1. The maximum atomic E-state index is 12.6. The number of methoxy groups -OCH3 is 1. The van der Waals surface area contributed by atoms with Gasteiger partial charge in [-0.25, -0.2) is 0 Å². The zero-order valence-corrected chi connectivity index (χ0v) is 16.4. The highest BCUT2D eigenvalue weighted by molar-refractivity contribution is 7.99. The fourth-order valence-electron chi connectivity index (χ4n) is 2.90. The van der Waals surface area contributed by atoms with E-state index in [1.165, 1.54) is 11.8 Å². The van der Waals surface area contributed by atoms with Gasteiger partial charge in [-0.15, -0.1) is 16.8 Å². The Balaban J connectivity index is 1.71. The number of thioether (sulfide) groups is 1. The molecule has 0 bridgehead atoms. The summed E-state index contributed by atoms with van der Waals surface area (Å²) in [4.78, 5) is 12.6. The van der Waals surface area contributed by atoms with Crippen LogP contribution >= 0.6 is 11.8 Å².